The van der Waals surface area contributed by atoms with Gasteiger partial charge in [-0.25, -0.2) is 17.2 Å². The highest BCUT2D eigenvalue weighted by Gasteiger charge is 2.60. The second-order valence-electron chi connectivity index (χ2n) is 10.7. The number of hydrogen-bond acceptors (Lipinski definition) is 5. The topological polar surface area (TPSA) is 128 Å². The molecule has 5 atom stereocenters. The molecular formula is C26H28ClF3N4O5S. The Labute approximate surface area is 233 Å². The third kappa shape index (κ3) is 5.32. The normalized spacial score (nSPS) is 27.1. The third-order valence-corrected chi connectivity index (χ3v) is 9.15. The van der Waals surface area contributed by atoms with Crippen LogP contribution in [0.3, 0.4) is 0 Å². The SMILES string of the molecule is CS(=O)(=O)/C(F)=C\[C@@H](C[C@@H]1CCNC1=O)NC(=O)[C@@H]1[C@@H]2CC[C@@H](CC2(F)F)N1C(=O)c1cc2cccc(Cl)c2[nH]1. The van der Waals surface area contributed by atoms with E-state index in [1.807, 2.05) is 0 Å². The number of piperidine rings is 2. The highest BCUT2D eigenvalue weighted by Crippen LogP contribution is 2.49. The van der Waals surface area contributed by atoms with Gasteiger partial charge in [-0.05, 0) is 43.9 Å². The van der Waals surface area contributed by atoms with Crippen molar-refractivity contribution in [3.63, 3.8) is 0 Å². The van der Waals surface area contributed by atoms with Gasteiger partial charge < -0.3 is 20.5 Å². The van der Waals surface area contributed by atoms with Crippen molar-refractivity contribution in [1.29, 1.82) is 0 Å². The van der Waals surface area contributed by atoms with Gasteiger partial charge in [-0.1, -0.05) is 23.7 Å². The van der Waals surface area contributed by atoms with Gasteiger partial charge in [0.15, 0.2) is 0 Å². The van der Waals surface area contributed by atoms with Gasteiger partial charge in [-0.15, -0.1) is 0 Å². The average molecular weight is 601 g/mol. The van der Waals surface area contributed by atoms with Gasteiger partial charge in [-0.2, -0.15) is 4.39 Å². The standard InChI is InChI=1S/C26H28ClF3N4O5S/c1-40(38,39)20(28)11-15(9-14-7-8-31-23(14)35)32-24(36)22-17-6-5-16(12-26(17,29)30)34(22)25(37)19-10-13-3-2-4-18(27)21(13)33-19/h2-4,10-11,14-17,22,33H,5-9,12H2,1H3,(H,31,35)(H,32,36)/b20-11-/t14-,15+,16-,17-,22-/m0/s1. The van der Waals surface area contributed by atoms with Crippen LogP contribution in [0.4, 0.5) is 13.2 Å². The van der Waals surface area contributed by atoms with Gasteiger partial charge in [0, 0.05) is 36.6 Å². The Morgan fingerprint density at radius 2 is 2.02 bits per heavy atom. The van der Waals surface area contributed by atoms with E-state index >= 15 is 8.78 Å². The zero-order chi connectivity index (χ0) is 29.0. The number of nitrogens with zero attached hydrogens (tertiary/aromatic N) is 1. The summed E-state index contributed by atoms with van der Waals surface area (Å²) in [5.41, 5.74) is 0.552. The number of halogens is 4. The molecule has 3 amide bonds. The first kappa shape index (κ1) is 28.5. The van der Waals surface area contributed by atoms with Crippen LogP contribution in [0.15, 0.2) is 35.5 Å². The van der Waals surface area contributed by atoms with E-state index in [0.29, 0.717) is 41.2 Å². The number of para-hydroxylation sites is 1. The van der Waals surface area contributed by atoms with E-state index in [4.69, 9.17) is 11.6 Å². The number of fused-ring (bicyclic) bond motifs is 4. The lowest BCUT2D eigenvalue weighted by atomic mass is 9.71. The number of benzene rings is 1. The maximum atomic E-state index is 15.1. The molecule has 0 spiro atoms. The lowest BCUT2D eigenvalue weighted by Gasteiger charge is -2.53. The van der Waals surface area contributed by atoms with E-state index in [-0.39, 0.29) is 30.9 Å². The molecule has 4 heterocycles. The summed E-state index contributed by atoms with van der Waals surface area (Å²) in [6.45, 7) is 0.359. The Kier molecular flexibility index (Phi) is 7.40. The summed E-state index contributed by atoms with van der Waals surface area (Å²) in [6, 6.07) is 2.74. The molecule has 14 heteroatoms. The van der Waals surface area contributed by atoms with E-state index in [2.05, 4.69) is 15.6 Å². The number of H-pyrrole nitrogens is 1. The Bertz CT molecular complexity index is 1510. The van der Waals surface area contributed by atoms with E-state index in [1.165, 1.54) is 6.07 Å². The predicted molar refractivity (Wildman–Crippen MR) is 141 cm³/mol. The highest BCUT2D eigenvalue weighted by molar-refractivity contribution is 7.94. The zero-order valence-corrected chi connectivity index (χ0v) is 23.0. The molecule has 6 rings (SSSR count). The summed E-state index contributed by atoms with van der Waals surface area (Å²) in [5.74, 6) is -7.37. The molecule has 1 saturated carbocycles. The fraction of sp³-hybridized carbons (Fsp3) is 0.500. The number of carbonyl (C=O) groups is 3. The van der Waals surface area contributed by atoms with Crippen LogP contribution in [0, 0.1) is 11.8 Å². The lowest BCUT2D eigenvalue weighted by Crippen LogP contribution is -2.68. The number of alkyl halides is 2. The average Bonchev–Trinajstić information content (AvgIpc) is 3.49. The van der Waals surface area contributed by atoms with Crippen molar-refractivity contribution in [2.45, 2.75) is 56.2 Å². The third-order valence-electron chi connectivity index (χ3n) is 7.99. The Balaban J connectivity index is 1.48. The summed E-state index contributed by atoms with van der Waals surface area (Å²) in [6.07, 6.45) is 1.19. The predicted octanol–water partition coefficient (Wildman–Crippen LogP) is 3.32. The van der Waals surface area contributed by atoms with E-state index in [0.717, 1.165) is 4.90 Å². The molecule has 9 nitrogen and oxygen atoms in total. The van der Waals surface area contributed by atoms with Gasteiger partial charge in [0.05, 0.1) is 22.5 Å². The molecule has 4 fully saturated rings. The molecule has 4 aliphatic rings. The first-order valence-corrected chi connectivity index (χ1v) is 15.2. The van der Waals surface area contributed by atoms with Crippen molar-refractivity contribution in [2.24, 2.45) is 11.8 Å². The first-order chi connectivity index (χ1) is 18.8. The molecule has 2 aromatic rings. The largest absolute Gasteiger partial charge is 0.356 e. The molecule has 3 saturated heterocycles. The molecule has 3 N–H and O–H groups in total. The fourth-order valence-corrected chi connectivity index (χ4v) is 6.71. The minimum atomic E-state index is -4.27. The van der Waals surface area contributed by atoms with Crippen molar-refractivity contribution in [1.82, 2.24) is 20.5 Å². The molecule has 0 unspecified atom stereocenters. The van der Waals surface area contributed by atoms with Crippen LogP contribution in [0.2, 0.25) is 5.02 Å². The highest BCUT2D eigenvalue weighted by atomic mass is 35.5. The molecule has 1 aromatic carbocycles. The van der Waals surface area contributed by atoms with Crippen LogP contribution in [0.1, 0.15) is 42.6 Å². The van der Waals surface area contributed by atoms with Crippen LogP contribution in [0.25, 0.3) is 10.9 Å². The second-order valence-corrected chi connectivity index (χ2v) is 13.1. The number of sulfone groups is 1. The van der Waals surface area contributed by atoms with Crippen molar-refractivity contribution >= 4 is 50.1 Å². The summed E-state index contributed by atoms with van der Waals surface area (Å²) in [7, 11) is -4.27. The lowest BCUT2D eigenvalue weighted by molar-refractivity contribution is -0.179. The number of carbonyl (C=O) groups excluding carboxylic acids is 3. The molecule has 40 heavy (non-hydrogen) atoms. The second kappa shape index (κ2) is 10.4. The number of amides is 3. The summed E-state index contributed by atoms with van der Waals surface area (Å²) >= 11 is 6.22. The van der Waals surface area contributed by atoms with Gasteiger partial charge in [0.1, 0.15) is 11.7 Å². The Morgan fingerprint density at radius 3 is 2.65 bits per heavy atom. The minimum Gasteiger partial charge on any atom is -0.356 e. The van der Waals surface area contributed by atoms with Gasteiger partial charge in [-0.3, -0.25) is 14.4 Å². The van der Waals surface area contributed by atoms with E-state index in [9.17, 15) is 27.2 Å². The fourth-order valence-electron chi connectivity index (χ4n) is 6.07. The molecular weight excluding hydrogens is 573 g/mol. The number of hydrogen-bond donors (Lipinski definition) is 3. The minimum absolute atomic E-state index is 0.0126. The molecule has 3 aliphatic heterocycles. The van der Waals surface area contributed by atoms with Crippen LogP contribution >= 0.6 is 11.6 Å². The maximum absolute atomic E-state index is 15.1. The van der Waals surface area contributed by atoms with Gasteiger partial charge >= 0.3 is 0 Å². The molecule has 0 radical (unpaired) electrons. The van der Waals surface area contributed by atoms with Crippen molar-refractivity contribution in [2.75, 3.05) is 12.8 Å². The molecule has 216 valence electrons. The van der Waals surface area contributed by atoms with Crippen LogP contribution < -0.4 is 10.6 Å². The van der Waals surface area contributed by atoms with Crippen LogP contribution in [-0.4, -0.2) is 72.9 Å². The summed E-state index contributed by atoms with van der Waals surface area (Å²) in [5, 5.41) is 4.55. The van der Waals surface area contributed by atoms with E-state index in [1.54, 1.807) is 18.2 Å². The molecule has 2 bridgehead atoms. The monoisotopic (exact) mass is 600 g/mol. The first-order valence-electron chi connectivity index (χ1n) is 12.9. The Morgan fingerprint density at radius 1 is 1.27 bits per heavy atom. The van der Waals surface area contributed by atoms with Crippen LogP contribution in [0.5, 0.6) is 0 Å². The quantitative estimate of drug-likeness (QED) is 0.449. The zero-order valence-electron chi connectivity index (χ0n) is 21.4. The number of nitrogens with one attached hydrogen (secondary N) is 3. The Hall–Kier alpha value is -3.06. The van der Waals surface area contributed by atoms with Gasteiger partial charge in [0.25, 0.3) is 11.8 Å². The van der Waals surface area contributed by atoms with E-state index < -0.39 is 69.1 Å². The van der Waals surface area contributed by atoms with Crippen molar-refractivity contribution in [3.05, 3.63) is 46.2 Å². The number of aromatic nitrogens is 1. The van der Waals surface area contributed by atoms with Crippen molar-refractivity contribution in [3.8, 4) is 0 Å². The maximum Gasteiger partial charge on any atom is 0.271 e. The number of aromatic amines is 1. The van der Waals surface area contributed by atoms with Gasteiger partial charge in [0.2, 0.25) is 26.8 Å². The molecule has 1 aliphatic carbocycles. The van der Waals surface area contributed by atoms with Crippen molar-refractivity contribution < 1.29 is 36.0 Å². The van der Waals surface area contributed by atoms with Crippen LogP contribution in [-0.2, 0) is 19.4 Å². The smallest absolute Gasteiger partial charge is 0.271 e. The number of rotatable bonds is 7. The summed E-state index contributed by atoms with van der Waals surface area (Å²) < 4.78 is 68.2. The molecule has 1 aromatic heterocycles. The summed E-state index contributed by atoms with van der Waals surface area (Å²) in [4.78, 5) is 43.6.